The van der Waals surface area contributed by atoms with Crippen LogP contribution in [0.15, 0.2) is 16.5 Å². The van der Waals surface area contributed by atoms with Crippen molar-refractivity contribution in [1.82, 2.24) is 9.80 Å². The van der Waals surface area contributed by atoms with Crippen molar-refractivity contribution in [3.05, 3.63) is 23.7 Å². The summed E-state index contributed by atoms with van der Waals surface area (Å²) in [5.74, 6) is 1.13. The third-order valence-electron chi connectivity index (χ3n) is 4.04. The summed E-state index contributed by atoms with van der Waals surface area (Å²) in [7, 11) is 0. The number of furan rings is 1. The summed E-state index contributed by atoms with van der Waals surface area (Å²) in [6.07, 6.45) is -0.354. The normalized spacial score (nSPS) is 18.8. The lowest BCUT2D eigenvalue weighted by Gasteiger charge is -2.37. The van der Waals surface area contributed by atoms with Crippen molar-refractivity contribution < 1.29 is 14.3 Å². The van der Waals surface area contributed by atoms with E-state index in [1.54, 1.807) is 6.07 Å². The maximum Gasteiger partial charge on any atom is 0.289 e. The summed E-state index contributed by atoms with van der Waals surface area (Å²) < 4.78 is 5.39. The van der Waals surface area contributed by atoms with Crippen LogP contribution in [0.5, 0.6) is 0 Å². The largest absolute Gasteiger partial charge is 0.456 e. The number of aliphatic hydroxyl groups is 1. The molecular formula is C16H26N2O3. The minimum absolute atomic E-state index is 0.0425. The van der Waals surface area contributed by atoms with Crippen LogP contribution < -0.4 is 0 Å². The summed E-state index contributed by atoms with van der Waals surface area (Å²) in [6.45, 7) is 11.5. The van der Waals surface area contributed by atoms with Gasteiger partial charge in [0, 0.05) is 32.7 Å². The monoisotopic (exact) mass is 294 g/mol. The first kappa shape index (κ1) is 16.0. The van der Waals surface area contributed by atoms with E-state index in [4.69, 9.17) is 4.42 Å². The van der Waals surface area contributed by atoms with E-state index in [9.17, 15) is 9.90 Å². The molecule has 2 heterocycles. The number of hydrogen-bond acceptors (Lipinski definition) is 4. The van der Waals surface area contributed by atoms with Crippen molar-refractivity contribution in [2.24, 2.45) is 5.41 Å². The van der Waals surface area contributed by atoms with E-state index < -0.39 is 0 Å². The molecular weight excluding hydrogens is 268 g/mol. The number of carbonyl (C=O) groups excluding carboxylic acids is 1. The molecule has 118 valence electrons. The molecule has 1 N–H and O–H groups in total. The minimum Gasteiger partial charge on any atom is -0.456 e. The van der Waals surface area contributed by atoms with E-state index in [2.05, 4.69) is 4.90 Å². The van der Waals surface area contributed by atoms with Crippen LogP contribution in [0.3, 0.4) is 0 Å². The first-order valence-corrected chi connectivity index (χ1v) is 7.53. The fourth-order valence-electron chi connectivity index (χ4n) is 2.36. The molecule has 1 fully saturated rings. The Hall–Kier alpha value is -1.33. The van der Waals surface area contributed by atoms with Gasteiger partial charge in [-0.3, -0.25) is 9.69 Å². The van der Waals surface area contributed by atoms with Crippen LogP contribution in [-0.2, 0) is 0 Å². The van der Waals surface area contributed by atoms with E-state index in [0.29, 0.717) is 25.4 Å². The van der Waals surface area contributed by atoms with Gasteiger partial charge in [0.25, 0.3) is 5.91 Å². The Labute approximate surface area is 126 Å². The molecule has 1 aromatic heterocycles. The number of amides is 1. The second-order valence-electron chi connectivity index (χ2n) is 6.88. The molecule has 1 aliphatic rings. The molecule has 0 aliphatic carbocycles. The third kappa shape index (κ3) is 4.08. The molecule has 0 unspecified atom stereocenters. The molecule has 5 heteroatoms. The predicted octanol–water partition coefficient (Wildman–Crippen LogP) is 1.75. The van der Waals surface area contributed by atoms with Crippen molar-refractivity contribution in [3.63, 3.8) is 0 Å². The first-order chi connectivity index (χ1) is 9.77. The van der Waals surface area contributed by atoms with Crippen LogP contribution in [0.2, 0.25) is 0 Å². The average molecular weight is 294 g/mol. The van der Waals surface area contributed by atoms with Crippen LogP contribution in [0, 0.1) is 12.3 Å². The highest BCUT2D eigenvalue weighted by molar-refractivity contribution is 5.91. The van der Waals surface area contributed by atoms with Gasteiger partial charge in [-0.2, -0.15) is 0 Å². The molecule has 1 aliphatic heterocycles. The zero-order chi connectivity index (χ0) is 15.6. The lowest BCUT2D eigenvalue weighted by atomic mass is 9.89. The second-order valence-corrected chi connectivity index (χ2v) is 6.88. The Morgan fingerprint density at radius 1 is 1.29 bits per heavy atom. The van der Waals surface area contributed by atoms with Gasteiger partial charge >= 0.3 is 0 Å². The highest BCUT2D eigenvalue weighted by Gasteiger charge is 2.28. The molecule has 21 heavy (non-hydrogen) atoms. The lowest BCUT2D eigenvalue weighted by molar-refractivity contribution is 0.0131. The quantitative estimate of drug-likeness (QED) is 0.923. The van der Waals surface area contributed by atoms with Gasteiger partial charge in [-0.15, -0.1) is 0 Å². The highest BCUT2D eigenvalue weighted by Crippen LogP contribution is 2.20. The van der Waals surface area contributed by atoms with Crippen LogP contribution in [-0.4, -0.2) is 59.6 Å². The van der Waals surface area contributed by atoms with Gasteiger partial charge in [0.15, 0.2) is 5.76 Å². The molecule has 1 amide bonds. The average Bonchev–Trinajstić information content (AvgIpc) is 2.84. The van der Waals surface area contributed by atoms with Crippen molar-refractivity contribution in [1.29, 1.82) is 0 Å². The van der Waals surface area contributed by atoms with Gasteiger partial charge in [0.05, 0.1) is 6.10 Å². The summed E-state index contributed by atoms with van der Waals surface area (Å²) >= 11 is 0. The topological polar surface area (TPSA) is 56.9 Å². The third-order valence-corrected chi connectivity index (χ3v) is 4.04. The fourth-order valence-corrected chi connectivity index (χ4v) is 2.36. The number of piperazine rings is 1. The number of hydrogen-bond donors (Lipinski definition) is 1. The van der Waals surface area contributed by atoms with Crippen molar-refractivity contribution in [2.75, 3.05) is 32.7 Å². The summed E-state index contributed by atoms with van der Waals surface area (Å²) in [5.41, 5.74) is -0.112. The molecule has 1 saturated heterocycles. The van der Waals surface area contributed by atoms with Crippen molar-refractivity contribution in [2.45, 2.75) is 33.8 Å². The van der Waals surface area contributed by atoms with Crippen molar-refractivity contribution in [3.8, 4) is 0 Å². The Bertz CT molecular complexity index is 482. The Morgan fingerprint density at radius 3 is 2.38 bits per heavy atom. The molecule has 0 aromatic carbocycles. The Balaban J connectivity index is 1.84. The first-order valence-electron chi connectivity index (χ1n) is 7.53. The maximum absolute atomic E-state index is 12.3. The number of rotatable bonds is 3. The zero-order valence-corrected chi connectivity index (χ0v) is 13.4. The van der Waals surface area contributed by atoms with Crippen LogP contribution in [0.4, 0.5) is 0 Å². The standard InChI is InChI=1S/C16H26N2O3/c1-12-5-6-13(21-12)15(20)18-9-7-17(8-10-18)11-14(19)16(2,3)4/h5-6,14,19H,7-11H2,1-4H3/t14-/m1/s1. The summed E-state index contributed by atoms with van der Waals surface area (Å²) in [6, 6.07) is 3.54. The van der Waals surface area contributed by atoms with Crippen LogP contribution in [0.1, 0.15) is 37.1 Å². The number of carbonyl (C=O) groups is 1. The van der Waals surface area contributed by atoms with E-state index in [0.717, 1.165) is 18.8 Å². The smallest absolute Gasteiger partial charge is 0.289 e. The molecule has 0 radical (unpaired) electrons. The van der Waals surface area contributed by atoms with E-state index in [1.807, 2.05) is 38.7 Å². The maximum atomic E-state index is 12.3. The van der Waals surface area contributed by atoms with E-state index >= 15 is 0 Å². The molecule has 1 aromatic rings. The molecule has 0 saturated carbocycles. The number of nitrogens with zero attached hydrogens (tertiary/aromatic N) is 2. The fraction of sp³-hybridized carbons (Fsp3) is 0.688. The second kappa shape index (κ2) is 6.20. The van der Waals surface area contributed by atoms with Gasteiger partial charge in [0.2, 0.25) is 0 Å². The number of aliphatic hydroxyl groups excluding tert-OH is 1. The number of β-amino-alcohol motifs (C(OH)–C–C–N with tert-alkyl or cyclic N) is 1. The minimum atomic E-state index is -0.354. The lowest BCUT2D eigenvalue weighted by Crippen LogP contribution is -2.51. The highest BCUT2D eigenvalue weighted by atomic mass is 16.3. The van der Waals surface area contributed by atoms with E-state index in [1.165, 1.54) is 0 Å². The van der Waals surface area contributed by atoms with Crippen LogP contribution >= 0.6 is 0 Å². The summed E-state index contributed by atoms with van der Waals surface area (Å²) in [4.78, 5) is 16.3. The zero-order valence-electron chi connectivity index (χ0n) is 13.4. The number of aryl methyl sites for hydroxylation is 1. The van der Waals surface area contributed by atoms with Crippen molar-refractivity contribution >= 4 is 5.91 Å². The molecule has 0 bridgehead atoms. The Morgan fingerprint density at radius 2 is 1.90 bits per heavy atom. The van der Waals surface area contributed by atoms with Crippen LogP contribution in [0.25, 0.3) is 0 Å². The Kier molecular flexibility index (Phi) is 4.74. The predicted molar refractivity (Wildman–Crippen MR) is 81.3 cm³/mol. The van der Waals surface area contributed by atoms with Gasteiger partial charge < -0.3 is 14.4 Å². The SMILES string of the molecule is Cc1ccc(C(=O)N2CCN(C[C@@H](O)C(C)(C)C)CC2)o1. The molecule has 0 spiro atoms. The molecule has 2 rings (SSSR count). The van der Waals surface area contributed by atoms with Gasteiger partial charge in [-0.25, -0.2) is 0 Å². The molecule has 5 nitrogen and oxygen atoms in total. The summed E-state index contributed by atoms with van der Waals surface area (Å²) in [5, 5.41) is 10.2. The van der Waals surface area contributed by atoms with Gasteiger partial charge in [-0.1, -0.05) is 20.8 Å². The van der Waals surface area contributed by atoms with Gasteiger partial charge in [0.1, 0.15) is 5.76 Å². The van der Waals surface area contributed by atoms with E-state index in [-0.39, 0.29) is 17.4 Å². The van der Waals surface area contributed by atoms with Gasteiger partial charge in [-0.05, 0) is 24.5 Å². The molecule has 1 atom stereocenters.